The van der Waals surface area contributed by atoms with Gasteiger partial charge in [-0.25, -0.2) is 0 Å². The lowest BCUT2D eigenvalue weighted by Gasteiger charge is -2.08. The molecule has 0 aliphatic rings. The van der Waals surface area contributed by atoms with Gasteiger partial charge in [-0.15, -0.1) is 0 Å². The van der Waals surface area contributed by atoms with Crippen LogP contribution in [0.25, 0.3) is 12.2 Å². The maximum Gasteiger partial charge on any atom is 0.126 e. The van der Waals surface area contributed by atoms with Gasteiger partial charge in [-0.2, -0.15) is 0 Å². The highest BCUT2D eigenvalue weighted by atomic mass is 16.5. The number of rotatable bonds is 5. The molecule has 16 heavy (non-hydrogen) atoms. The van der Waals surface area contributed by atoms with E-state index in [2.05, 4.69) is 18.3 Å². The van der Waals surface area contributed by atoms with E-state index in [4.69, 9.17) is 9.47 Å². The summed E-state index contributed by atoms with van der Waals surface area (Å²) in [6.07, 6.45) is 5.11. The average molecular weight is 217 g/mol. The second-order valence-electron chi connectivity index (χ2n) is 3.05. The Morgan fingerprint density at radius 1 is 1.25 bits per heavy atom. The van der Waals surface area contributed by atoms with Crippen LogP contribution in [0.5, 0.6) is 5.75 Å². The van der Waals surface area contributed by atoms with Crippen LogP contribution in [-0.4, -0.2) is 20.9 Å². The first-order chi connectivity index (χ1) is 7.76. The summed E-state index contributed by atoms with van der Waals surface area (Å²) in [5.41, 5.74) is 2.55. The lowest BCUT2D eigenvalue weighted by molar-refractivity contribution is 0.341. The van der Waals surface area contributed by atoms with Crippen molar-refractivity contribution < 1.29 is 9.47 Å². The largest absolute Gasteiger partial charge is 0.504 e. The van der Waals surface area contributed by atoms with Crippen LogP contribution in [0.3, 0.4) is 0 Å². The molecular formula is C13H15NO2. The van der Waals surface area contributed by atoms with Gasteiger partial charge < -0.3 is 9.47 Å². The second-order valence-corrected chi connectivity index (χ2v) is 3.05. The quantitative estimate of drug-likeness (QED) is 0.559. The average Bonchev–Trinajstić information content (AvgIpc) is 2.35. The van der Waals surface area contributed by atoms with Crippen LogP contribution in [0, 0.1) is 0 Å². The summed E-state index contributed by atoms with van der Waals surface area (Å²) in [6, 6.07) is 3.74. The maximum absolute atomic E-state index is 5.27. The summed E-state index contributed by atoms with van der Waals surface area (Å²) in [4.78, 5) is 3.93. The molecule has 0 aliphatic carbocycles. The summed E-state index contributed by atoms with van der Waals surface area (Å²) < 4.78 is 10.1. The van der Waals surface area contributed by atoms with Crippen LogP contribution < -0.4 is 4.74 Å². The van der Waals surface area contributed by atoms with E-state index in [1.165, 1.54) is 0 Å². The van der Waals surface area contributed by atoms with Gasteiger partial charge in [0.25, 0.3) is 0 Å². The smallest absolute Gasteiger partial charge is 0.126 e. The number of aliphatic imine (C=N–C) groups is 1. The minimum absolute atomic E-state index is 0.746. The molecule has 3 nitrogen and oxygen atoms in total. The molecule has 0 aliphatic heterocycles. The molecule has 0 radical (unpaired) electrons. The Balaban J connectivity index is 3.30. The molecule has 0 saturated heterocycles. The summed E-state index contributed by atoms with van der Waals surface area (Å²) in [5, 5.41) is 0. The molecule has 0 aromatic heterocycles. The minimum Gasteiger partial charge on any atom is -0.504 e. The Bertz CT molecular complexity index is 422. The normalized spacial score (nSPS) is 10.1. The van der Waals surface area contributed by atoms with E-state index in [0.29, 0.717) is 0 Å². The van der Waals surface area contributed by atoms with Crippen molar-refractivity contribution in [2.45, 2.75) is 0 Å². The maximum atomic E-state index is 5.27. The van der Waals surface area contributed by atoms with Gasteiger partial charge in [0, 0.05) is 11.1 Å². The summed E-state index contributed by atoms with van der Waals surface area (Å²) >= 11 is 0. The molecule has 0 bridgehead atoms. The molecule has 0 amide bonds. The standard InChI is InChI=1S/C13H15NO2/c1-5-10-9-13(16-4)11(6-7-15-3)8-12(10)14-2/h5-9H,1-2H2,3-4H3/b7-6+. The highest BCUT2D eigenvalue weighted by Gasteiger charge is 2.05. The van der Waals surface area contributed by atoms with E-state index in [0.717, 1.165) is 22.6 Å². The zero-order valence-corrected chi connectivity index (χ0v) is 9.56. The molecule has 0 unspecified atom stereocenters. The van der Waals surface area contributed by atoms with Gasteiger partial charge in [-0.1, -0.05) is 12.7 Å². The van der Waals surface area contributed by atoms with Crippen molar-refractivity contribution in [1.82, 2.24) is 0 Å². The van der Waals surface area contributed by atoms with Crippen LogP contribution in [0.2, 0.25) is 0 Å². The fraction of sp³-hybridized carbons (Fsp3) is 0.154. The molecule has 84 valence electrons. The molecule has 0 heterocycles. The van der Waals surface area contributed by atoms with Gasteiger partial charge >= 0.3 is 0 Å². The van der Waals surface area contributed by atoms with E-state index < -0.39 is 0 Å². The Morgan fingerprint density at radius 3 is 2.50 bits per heavy atom. The Kier molecular flexibility index (Phi) is 4.33. The number of nitrogens with zero attached hydrogens (tertiary/aromatic N) is 1. The number of ether oxygens (including phenoxy) is 2. The van der Waals surface area contributed by atoms with Crippen molar-refractivity contribution in [3.05, 3.63) is 36.1 Å². The molecule has 3 heteroatoms. The van der Waals surface area contributed by atoms with Crippen LogP contribution in [0.1, 0.15) is 11.1 Å². The molecule has 0 atom stereocenters. The van der Waals surface area contributed by atoms with Crippen molar-refractivity contribution >= 4 is 24.6 Å². The molecule has 1 aromatic carbocycles. The van der Waals surface area contributed by atoms with Gasteiger partial charge in [0.1, 0.15) is 5.75 Å². The van der Waals surface area contributed by atoms with Crippen molar-refractivity contribution in [2.75, 3.05) is 14.2 Å². The number of methoxy groups -OCH3 is 2. The Morgan fingerprint density at radius 2 is 2.00 bits per heavy atom. The third kappa shape index (κ3) is 2.51. The van der Waals surface area contributed by atoms with Crippen LogP contribution >= 0.6 is 0 Å². The predicted octanol–water partition coefficient (Wildman–Crippen LogP) is 3.29. The third-order valence-electron chi connectivity index (χ3n) is 2.15. The van der Waals surface area contributed by atoms with E-state index in [-0.39, 0.29) is 0 Å². The number of benzene rings is 1. The number of hydrogen-bond donors (Lipinski definition) is 0. The zero-order valence-electron chi connectivity index (χ0n) is 9.56. The second kappa shape index (κ2) is 5.75. The highest BCUT2D eigenvalue weighted by molar-refractivity contribution is 5.72. The van der Waals surface area contributed by atoms with E-state index in [9.17, 15) is 0 Å². The Hall–Kier alpha value is -2.03. The predicted molar refractivity (Wildman–Crippen MR) is 68.3 cm³/mol. The Labute approximate surface area is 95.7 Å². The molecule has 1 aromatic rings. The van der Waals surface area contributed by atoms with Crippen molar-refractivity contribution in [3.8, 4) is 5.75 Å². The lowest BCUT2D eigenvalue weighted by Crippen LogP contribution is -1.89. The minimum atomic E-state index is 0.746. The van der Waals surface area contributed by atoms with Gasteiger partial charge in [-0.3, -0.25) is 4.99 Å². The molecule has 1 rings (SSSR count). The zero-order chi connectivity index (χ0) is 12.0. The van der Waals surface area contributed by atoms with Gasteiger partial charge in [0.05, 0.1) is 26.2 Å². The summed E-state index contributed by atoms with van der Waals surface area (Å²) in [7, 11) is 3.21. The molecule has 0 N–H and O–H groups in total. The van der Waals surface area contributed by atoms with Crippen LogP contribution in [0.4, 0.5) is 5.69 Å². The number of hydrogen-bond acceptors (Lipinski definition) is 3. The first kappa shape index (κ1) is 12.0. The monoisotopic (exact) mass is 217 g/mol. The lowest BCUT2D eigenvalue weighted by atomic mass is 10.1. The van der Waals surface area contributed by atoms with Gasteiger partial charge in [-0.05, 0) is 24.9 Å². The fourth-order valence-corrected chi connectivity index (χ4v) is 1.35. The first-order valence-corrected chi connectivity index (χ1v) is 4.77. The molecular weight excluding hydrogens is 202 g/mol. The van der Waals surface area contributed by atoms with Crippen molar-refractivity contribution in [1.29, 1.82) is 0 Å². The first-order valence-electron chi connectivity index (χ1n) is 4.77. The van der Waals surface area contributed by atoms with Crippen LogP contribution in [0.15, 0.2) is 30.0 Å². The molecule has 0 spiro atoms. The van der Waals surface area contributed by atoms with Gasteiger partial charge in [0.15, 0.2) is 0 Å². The SMILES string of the molecule is C=Cc1cc(OC)c(/C=C/OC)cc1N=C. The molecule has 0 fully saturated rings. The fourth-order valence-electron chi connectivity index (χ4n) is 1.35. The van der Waals surface area contributed by atoms with E-state index in [1.807, 2.05) is 12.1 Å². The van der Waals surface area contributed by atoms with E-state index >= 15 is 0 Å². The van der Waals surface area contributed by atoms with Crippen molar-refractivity contribution in [2.24, 2.45) is 4.99 Å². The van der Waals surface area contributed by atoms with Crippen molar-refractivity contribution in [3.63, 3.8) is 0 Å². The molecule has 0 saturated carbocycles. The van der Waals surface area contributed by atoms with Gasteiger partial charge in [0.2, 0.25) is 0 Å². The summed E-state index contributed by atoms with van der Waals surface area (Å²) in [5.74, 6) is 0.746. The topological polar surface area (TPSA) is 30.8 Å². The highest BCUT2D eigenvalue weighted by Crippen LogP contribution is 2.30. The third-order valence-corrected chi connectivity index (χ3v) is 2.15. The summed E-state index contributed by atoms with van der Waals surface area (Å²) in [6.45, 7) is 7.24. The van der Waals surface area contributed by atoms with E-state index in [1.54, 1.807) is 32.6 Å². The van der Waals surface area contributed by atoms with Crippen LogP contribution in [-0.2, 0) is 4.74 Å².